The standard InChI is InChI=1S/C15H22N2O2/c1-11-9-10-16-14(13(11)15(18)19)17(2)12-7-5-3-4-6-8-12/h9-10,12H,3-8H2,1-2H3,(H,18,19). The Bertz CT molecular complexity index is 451. The predicted octanol–water partition coefficient (Wildman–Crippen LogP) is 3.25. The molecule has 19 heavy (non-hydrogen) atoms. The van der Waals surface area contributed by atoms with E-state index in [1.807, 2.05) is 14.0 Å². The minimum atomic E-state index is -0.888. The lowest BCUT2D eigenvalue weighted by molar-refractivity contribution is 0.0696. The molecule has 0 saturated heterocycles. The molecule has 1 aromatic rings. The van der Waals surface area contributed by atoms with Gasteiger partial charge in [-0.1, -0.05) is 25.7 Å². The van der Waals surface area contributed by atoms with Crippen molar-refractivity contribution in [3.8, 4) is 0 Å². The third-order valence-corrected chi connectivity index (χ3v) is 4.06. The van der Waals surface area contributed by atoms with Gasteiger partial charge in [-0.3, -0.25) is 0 Å². The highest BCUT2D eigenvalue weighted by atomic mass is 16.4. The Morgan fingerprint density at radius 1 is 1.32 bits per heavy atom. The van der Waals surface area contributed by atoms with Gasteiger partial charge in [0, 0.05) is 19.3 Å². The summed E-state index contributed by atoms with van der Waals surface area (Å²) in [7, 11) is 1.98. The quantitative estimate of drug-likeness (QED) is 0.850. The topological polar surface area (TPSA) is 53.4 Å². The van der Waals surface area contributed by atoms with Crippen molar-refractivity contribution in [2.45, 2.75) is 51.5 Å². The van der Waals surface area contributed by atoms with Crippen LogP contribution in [0.2, 0.25) is 0 Å². The van der Waals surface area contributed by atoms with E-state index >= 15 is 0 Å². The average Bonchev–Trinajstić information content (AvgIpc) is 2.66. The van der Waals surface area contributed by atoms with E-state index in [2.05, 4.69) is 9.88 Å². The van der Waals surface area contributed by atoms with E-state index < -0.39 is 5.97 Å². The number of aryl methyl sites for hydroxylation is 1. The molecule has 1 saturated carbocycles. The van der Waals surface area contributed by atoms with Crippen LogP contribution in [0.4, 0.5) is 5.82 Å². The number of carboxylic acid groups (broad SMARTS) is 1. The molecule has 1 aromatic heterocycles. The van der Waals surface area contributed by atoms with E-state index in [9.17, 15) is 9.90 Å². The Labute approximate surface area is 114 Å². The van der Waals surface area contributed by atoms with E-state index in [4.69, 9.17) is 0 Å². The molecule has 104 valence electrons. The molecule has 1 fully saturated rings. The van der Waals surface area contributed by atoms with Crippen LogP contribution in [0.1, 0.15) is 54.4 Å². The van der Waals surface area contributed by atoms with E-state index in [0.29, 0.717) is 17.4 Å². The van der Waals surface area contributed by atoms with Gasteiger partial charge in [-0.2, -0.15) is 0 Å². The predicted molar refractivity (Wildman–Crippen MR) is 75.8 cm³/mol. The summed E-state index contributed by atoms with van der Waals surface area (Å²) in [5.41, 5.74) is 1.12. The Morgan fingerprint density at radius 2 is 1.95 bits per heavy atom. The highest BCUT2D eigenvalue weighted by Crippen LogP contribution is 2.27. The molecule has 0 bridgehead atoms. The maximum absolute atomic E-state index is 11.4. The summed E-state index contributed by atoms with van der Waals surface area (Å²) in [6.45, 7) is 1.83. The van der Waals surface area contributed by atoms with Gasteiger partial charge in [-0.05, 0) is 31.4 Å². The van der Waals surface area contributed by atoms with E-state index in [0.717, 1.165) is 18.4 Å². The number of carboxylic acids is 1. The molecule has 0 radical (unpaired) electrons. The van der Waals surface area contributed by atoms with E-state index in [1.165, 1.54) is 25.7 Å². The minimum absolute atomic E-state index is 0.342. The van der Waals surface area contributed by atoms with Crippen LogP contribution in [-0.2, 0) is 0 Å². The number of hydrogen-bond acceptors (Lipinski definition) is 3. The van der Waals surface area contributed by atoms with Crippen molar-refractivity contribution in [2.75, 3.05) is 11.9 Å². The molecule has 1 aliphatic rings. The van der Waals surface area contributed by atoms with Crippen LogP contribution in [0.25, 0.3) is 0 Å². The molecule has 0 atom stereocenters. The molecule has 2 rings (SSSR count). The zero-order valence-corrected chi connectivity index (χ0v) is 11.7. The fraction of sp³-hybridized carbons (Fsp3) is 0.600. The normalized spacial score (nSPS) is 16.9. The van der Waals surface area contributed by atoms with Gasteiger partial charge in [0.2, 0.25) is 0 Å². The van der Waals surface area contributed by atoms with Crippen LogP contribution < -0.4 is 4.90 Å². The number of rotatable bonds is 3. The van der Waals surface area contributed by atoms with Gasteiger partial charge in [-0.15, -0.1) is 0 Å². The summed E-state index contributed by atoms with van der Waals surface area (Å²) < 4.78 is 0. The maximum atomic E-state index is 11.4. The SMILES string of the molecule is Cc1ccnc(N(C)C2CCCCCC2)c1C(=O)O. The van der Waals surface area contributed by atoms with Crippen LogP contribution in [-0.4, -0.2) is 29.1 Å². The largest absolute Gasteiger partial charge is 0.478 e. The van der Waals surface area contributed by atoms with Gasteiger partial charge in [0.15, 0.2) is 0 Å². The number of nitrogens with zero attached hydrogens (tertiary/aromatic N) is 2. The third kappa shape index (κ3) is 3.06. The first-order valence-electron chi connectivity index (χ1n) is 7.03. The number of anilines is 1. The lowest BCUT2D eigenvalue weighted by atomic mass is 10.1. The smallest absolute Gasteiger partial charge is 0.339 e. The van der Waals surface area contributed by atoms with Crippen molar-refractivity contribution in [2.24, 2.45) is 0 Å². The first-order valence-corrected chi connectivity index (χ1v) is 7.03. The lowest BCUT2D eigenvalue weighted by Crippen LogP contribution is -2.33. The molecular weight excluding hydrogens is 240 g/mol. The van der Waals surface area contributed by atoms with Gasteiger partial charge in [0.05, 0.1) is 0 Å². The van der Waals surface area contributed by atoms with Crippen LogP contribution in [0.5, 0.6) is 0 Å². The Kier molecular flexibility index (Phi) is 4.40. The van der Waals surface area contributed by atoms with Crippen LogP contribution in [0, 0.1) is 6.92 Å². The minimum Gasteiger partial charge on any atom is -0.478 e. The second-order valence-corrected chi connectivity index (χ2v) is 5.39. The summed E-state index contributed by atoms with van der Waals surface area (Å²) >= 11 is 0. The molecule has 0 amide bonds. The van der Waals surface area contributed by atoms with Crippen LogP contribution >= 0.6 is 0 Å². The number of hydrogen-bond donors (Lipinski definition) is 1. The third-order valence-electron chi connectivity index (χ3n) is 4.06. The molecule has 0 aromatic carbocycles. The van der Waals surface area contributed by atoms with Crippen molar-refractivity contribution in [3.05, 3.63) is 23.4 Å². The fourth-order valence-corrected chi connectivity index (χ4v) is 2.89. The lowest BCUT2D eigenvalue weighted by Gasteiger charge is -2.29. The van der Waals surface area contributed by atoms with E-state index in [1.54, 1.807) is 12.3 Å². The summed E-state index contributed by atoms with van der Waals surface area (Å²) in [5, 5.41) is 9.38. The zero-order chi connectivity index (χ0) is 13.8. The molecule has 0 unspecified atom stereocenters. The van der Waals surface area contributed by atoms with Crippen molar-refractivity contribution >= 4 is 11.8 Å². The van der Waals surface area contributed by atoms with E-state index in [-0.39, 0.29) is 0 Å². The maximum Gasteiger partial charge on any atom is 0.339 e. The molecule has 4 heteroatoms. The molecule has 1 heterocycles. The number of carbonyl (C=O) groups is 1. The van der Waals surface area contributed by atoms with Crippen molar-refractivity contribution in [3.63, 3.8) is 0 Å². The summed E-state index contributed by atoms with van der Waals surface area (Å²) in [4.78, 5) is 17.8. The van der Waals surface area contributed by atoms with Gasteiger partial charge >= 0.3 is 5.97 Å². The van der Waals surface area contributed by atoms with Gasteiger partial charge in [0.1, 0.15) is 11.4 Å². The van der Waals surface area contributed by atoms with Crippen molar-refractivity contribution in [1.82, 2.24) is 4.98 Å². The average molecular weight is 262 g/mol. The summed E-state index contributed by atoms with van der Waals surface area (Å²) in [6.07, 6.45) is 8.99. The Balaban J connectivity index is 2.29. The van der Waals surface area contributed by atoms with Crippen LogP contribution in [0.15, 0.2) is 12.3 Å². The molecular formula is C15H22N2O2. The summed E-state index contributed by atoms with van der Waals surface area (Å²) in [5.74, 6) is -0.277. The Hall–Kier alpha value is -1.58. The van der Waals surface area contributed by atoms with Crippen molar-refractivity contribution < 1.29 is 9.90 Å². The molecule has 0 aliphatic heterocycles. The zero-order valence-electron chi connectivity index (χ0n) is 11.7. The second-order valence-electron chi connectivity index (χ2n) is 5.39. The highest BCUT2D eigenvalue weighted by Gasteiger charge is 2.23. The first-order chi connectivity index (χ1) is 9.11. The molecule has 1 aliphatic carbocycles. The monoisotopic (exact) mass is 262 g/mol. The number of aromatic nitrogens is 1. The van der Waals surface area contributed by atoms with Gasteiger partial charge < -0.3 is 10.0 Å². The van der Waals surface area contributed by atoms with Gasteiger partial charge in [0.25, 0.3) is 0 Å². The molecule has 4 nitrogen and oxygen atoms in total. The second kappa shape index (κ2) is 6.04. The van der Waals surface area contributed by atoms with Crippen molar-refractivity contribution in [1.29, 1.82) is 0 Å². The molecule has 1 N–H and O–H groups in total. The first kappa shape index (κ1) is 13.8. The highest BCUT2D eigenvalue weighted by molar-refractivity contribution is 5.94. The van der Waals surface area contributed by atoms with Crippen LogP contribution in [0.3, 0.4) is 0 Å². The number of pyridine rings is 1. The Morgan fingerprint density at radius 3 is 2.53 bits per heavy atom. The number of aromatic carboxylic acids is 1. The van der Waals surface area contributed by atoms with Gasteiger partial charge in [-0.25, -0.2) is 9.78 Å². The molecule has 0 spiro atoms. The fourth-order valence-electron chi connectivity index (χ4n) is 2.89. The summed E-state index contributed by atoms with van der Waals surface area (Å²) in [6, 6.07) is 2.17.